The number of hydrogen-bond donors (Lipinski definition) is 0. The van der Waals surface area contributed by atoms with Crippen LogP contribution >= 0.6 is 0 Å². The minimum atomic E-state index is -3.63. The molecule has 1 aromatic rings. The number of benzene rings is 1. The predicted octanol–water partition coefficient (Wildman–Crippen LogP) is 1.89. The highest BCUT2D eigenvalue weighted by Gasteiger charge is 2.30. The van der Waals surface area contributed by atoms with Crippen molar-refractivity contribution in [1.29, 1.82) is 0 Å². The Bertz CT molecular complexity index is 796. The average Bonchev–Trinajstić information content (AvgIpc) is 2.73. The number of amides is 1. The second kappa shape index (κ2) is 8.80. The molecule has 0 bridgehead atoms. The summed E-state index contributed by atoms with van der Waals surface area (Å²) in [6.45, 7) is 8.96. The molecular weight excluding hydrogens is 378 g/mol. The summed E-state index contributed by atoms with van der Waals surface area (Å²) in [5.41, 5.74) is 0.324. The number of carbonyl (C=O) groups excluding carboxylic acids is 1. The molecule has 7 nitrogen and oxygen atoms in total. The smallest absolute Gasteiger partial charge is 0.257 e. The second-order valence-corrected chi connectivity index (χ2v) is 9.61. The fraction of sp³-hybridized carbons (Fsp3) is 0.650. The summed E-state index contributed by atoms with van der Waals surface area (Å²) in [5, 5.41) is 0. The van der Waals surface area contributed by atoms with Crippen molar-refractivity contribution in [2.75, 3.05) is 52.9 Å². The third-order valence-corrected chi connectivity index (χ3v) is 7.78. The van der Waals surface area contributed by atoms with Gasteiger partial charge in [0.2, 0.25) is 10.0 Å². The van der Waals surface area contributed by atoms with Crippen molar-refractivity contribution in [3.63, 3.8) is 0 Å². The number of methoxy groups -OCH3 is 1. The molecule has 0 aromatic heterocycles. The zero-order chi connectivity index (χ0) is 20.3. The van der Waals surface area contributed by atoms with E-state index in [1.807, 2.05) is 0 Å². The SMILES string of the molecule is CCN1CCN(S(=O)(=O)c2ccc(OC)c(C(=O)N3CCC(C)CC3)c2)CC1. The van der Waals surface area contributed by atoms with E-state index in [4.69, 9.17) is 4.74 Å². The molecule has 156 valence electrons. The lowest BCUT2D eigenvalue weighted by atomic mass is 9.98. The van der Waals surface area contributed by atoms with Gasteiger partial charge in [0.15, 0.2) is 0 Å². The first kappa shape index (κ1) is 21.1. The second-order valence-electron chi connectivity index (χ2n) is 7.68. The molecule has 2 saturated heterocycles. The topological polar surface area (TPSA) is 70.2 Å². The van der Waals surface area contributed by atoms with Crippen LogP contribution in [0.3, 0.4) is 0 Å². The molecule has 0 N–H and O–H groups in total. The Labute approximate surface area is 168 Å². The highest BCUT2D eigenvalue weighted by molar-refractivity contribution is 7.89. The zero-order valence-electron chi connectivity index (χ0n) is 17.1. The van der Waals surface area contributed by atoms with Gasteiger partial charge in [-0.15, -0.1) is 0 Å². The maximum atomic E-state index is 13.1. The van der Waals surface area contributed by atoms with Crippen LogP contribution in [-0.4, -0.2) is 81.4 Å². The summed E-state index contributed by atoms with van der Waals surface area (Å²) in [6.07, 6.45) is 1.93. The van der Waals surface area contributed by atoms with Crippen molar-refractivity contribution in [3.05, 3.63) is 23.8 Å². The Morgan fingerprint density at radius 3 is 2.32 bits per heavy atom. The Balaban J connectivity index is 1.85. The predicted molar refractivity (Wildman–Crippen MR) is 108 cm³/mol. The molecule has 28 heavy (non-hydrogen) atoms. The minimum Gasteiger partial charge on any atom is -0.496 e. The van der Waals surface area contributed by atoms with Crippen molar-refractivity contribution in [3.8, 4) is 5.75 Å². The van der Waals surface area contributed by atoms with Crippen molar-refractivity contribution in [2.45, 2.75) is 31.6 Å². The van der Waals surface area contributed by atoms with E-state index in [1.165, 1.54) is 23.5 Å². The summed E-state index contributed by atoms with van der Waals surface area (Å²) in [5.74, 6) is 0.870. The third kappa shape index (κ3) is 4.34. The number of piperazine rings is 1. The molecule has 1 amide bonds. The summed E-state index contributed by atoms with van der Waals surface area (Å²) >= 11 is 0. The number of piperidine rings is 1. The molecule has 0 spiro atoms. The van der Waals surface area contributed by atoms with Gasteiger partial charge in [-0.2, -0.15) is 4.31 Å². The Hall–Kier alpha value is -1.64. The minimum absolute atomic E-state index is 0.156. The number of rotatable bonds is 5. The standard InChI is InChI=1S/C20H31N3O4S/c1-4-21-11-13-23(14-12-21)28(25,26)17-5-6-19(27-3)18(15-17)20(24)22-9-7-16(2)8-10-22/h5-6,15-16H,4,7-14H2,1-3H3. The maximum absolute atomic E-state index is 13.1. The van der Waals surface area contributed by atoms with Gasteiger partial charge in [0, 0.05) is 39.3 Å². The third-order valence-electron chi connectivity index (χ3n) is 5.89. The van der Waals surface area contributed by atoms with Gasteiger partial charge in [-0.05, 0) is 43.5 Å². The van der Waals surface area contributed by atoms with E-state index >= 15 is 0 Å². The first-order valence-corrected chi connectivity index (χ1v) is 11.5. The van der Waals surface area contributed by atoms with Crippen LogP contribution in [0.5, 0.6) is 5.75 Å². The van der Waals surface area contributed by atoms with Gasteiger partial charge in [0.05, 0.1) is 17.6 Å². The normalized spacial score (nSPS) is 20.3. The van der Waals surface area contributed by atoms with E-state index in [0.717, 1.165) is 32.5 Å². The first-order valence-electron chi connectivity index (χ1n) is 10.1. The van der Waals surface area contributed by atoms with Crippen LogP contribution in [-0.2, 0) is 10.0 Å². The van der Waals surface area contributed by atoms with Gasteiger partial charge in [-0.3, -0.25) is 4.79 Å². The Kier molecular flexibility index (Phi) is 6.62. The average molecular weight is 410 g/mol. The molecule has 8 heteroatoms. The summed E-state index contributed by atoms with van der Waals surface area (Å²) in [4.78, 5) is 17.2. The lowest BCUT2D eigenvalue weighted by molar-refractivity contribution is 0.0693. The maximum Gasteiger partial charge on any atom is 0.257 e. The monoisotopic (exact) mass is 409 g/mol. The largest absolute Gasteiger partial charge is 0.496 e. The number of nitrogens with zero attached hydrogens (tertiary/aromatic N) is 3. The number of likely N-dealkylation sites (tertiary alicyclic amines) is 1. The van der Waals surface area contributed by atoms with E-state index in [-0.39, 0.29) is 10.8 Å². The lowest BCUT2D eigenvalue weighted by Crippen LogP contribution is -2.48. The fourth-order valence-corrected chi connectivity index (χ4v) is 5.28. The van der Waals surface area contributed by atoms with E-state index in [9.17, 15) is 13.2 Å². The fourth-order valence-electron chi connectivity index (χ4n) is 3.83. The summed E-state index contributed by atoms with van der Waals surface area (Å²) in [6, 6.07) is 4.62. The zero-order valence-corrected chi connectivity index (χ0v) is 17.9. The van der Waals surface area contributed by atoms with Crippen molar-refractivity contribution in [2.24, 2.45) is 5.92 Å². The Morgan fingerprint density at radius 2 is 1.75 bits per heavy atom. The van der Waals surface area contributed by atoms with E-state index in [1.54, 1.807) is 11.0 Å². The molecule has 0 saturated carbocycles. The van der Waals surface area contributed by atoms with Gasteiger partial charge in [0.25, 0.3) is 5.91 Å². The van der Waals surface area contributed by atoms with Crippen LogP contribution in [0, 0.1) is 5.92 Å². The molecule has 1 aromatic carbocycles. The van der Waals surface area contributed by atoms with Crippen molar-refractivity contribution >= 4 is 15.9 Å². The van der Waals surface area contributed by atoms with Gasteiger partial charge >= 0.3 is 0 Å². The first-order chi connectivity index (χ1) is 13.4. The molecular formula is C20H31N3O4S. The molecule has 2 fully saturated rings. The summed E-state index contributed by atoms with van der Waals surface area (Å²) in [7, 11) is -2.13. The molecule has 0 aliphatic carbocycles. The number of carbonyl (C=O) groups is 1. The van der Waals surface area contributed by atoms with Crippen LogP contribution in [0.1, 0.15) is 37.0 Å². The lowest BCUT2D eigenvalue weighted by Gasteiger charge is -2.33. The molecule has 0 atom stereocenters. The van der Waals surface area contributed by atoms with Gasteiger partial charge < -0.3 is 14.5 Å². The van der Waals surface area contributed by atoms with E-state index < -0.39 is 10.0 Å². The van der Waals surface area contributed by atoms with Crippen molar-refractivity contribution in [1.82, 2.24) is 14.1 Å². The van der Waals surface area contributed by atoms with E-state index in [2.05, 4.69) is 18.7 Å². The van der Waals surface area contributed by atoms with Crippen LogP contribution in [0.4, 0.5) is 0 Å². The summed E-state index contributed by atoms with van der Waals surface area (Å²) < 4.78 is 33.1. The highest BCUT2D eigenvalue weighted by Crippen LogP contribution is 2.28. The van der Waals surface area contributed by atoms with E-state index in [0.29, 0.717) is 43.4 Å². The van der Waals surface area contributed by atoms with Crippen LogP contribution in [0.15, 0.2) is 23.1 Å². The van der Waals surface area contributed by atoms with Crippen LogP contribution in [0.25, 0.3) is 0 Å². The van der Waals surface area contributed by atoms with Crippen LogP contribution < -0.4 is 4.74 Å². The number of sulfonamides is 1. The molecule has 2 heterocycles. The quantitative estimate of drug-likeness (QED) is 0.743. The molecule has 0 unspecified atom stereocenters. The molecule has 2 aliphatic rings. The van der Waals surface area contributed by atoms with Gasteiger partial charge in [0.1, 0.15) is 5.75 Å². The van der Waals surface area contributed by atoms with Crippen LogP contribution in [0.2, 0.25) is 0 Å². The molecule has 3 rings (SSSR count). The van der Waals surface area contributed by atoms with Crippen molar-refractivity contribution < 1.29 is 17.9 Å². The van der Waals surface area contributed by atoms with Gasteiger partial charge in [-0.1, -0.05) is 13.8 Å². The molecule has 0 radical (unpaired) electrons. The van der Waals surface area contributed by atoms with Gasteiger partial charge in [-0.25, -0.2) is 8.42 Å². The Morgan fingerprint density at radius 1 is 1.11 bits per heavy atom. The number of likely N-dealkylation sites (N-methyl/N-ethyl adjacent to an activating group) is 1. The number of ether oxygens (including phenoxy) is 1. The number of hydrogen-bond acceptors (Lipinski definition) is 5. The molecule has 2 aliphatic heterocycles. The highest BCUT2D eigenvalue weighted by atomic mass is 32.2.